The zero-order chi connectivity index (χ0) is 16.6. The number of aryl methyl sites for hydroxylation is 1. The largest absolute Gasteiger partial charge is 0.355 e. The van der Waals surface area contributed by atoms with E-state index in [0.717, 1.165) is 62.5 Å². The van der Waals surface area contributed by atoms with Crippen LogP contribution in [0.4, 0.5) is 5.82 Å². The lowest BCUT2D eigenvalue weighted by molar-refractivity contribution is 0.0765. The van der Waals surface area contributed by atoms with Crippen molar-refractivity contribution in [3.05, 3.63) is 40.2 Å². The molecule has 2 saturated heterocycles. The van der Waals surface area contributed by atoms with Gasteiger partial charge >= 0.3 is 0 Å². The van der Waals surface area contributed by atoms with Crippen molar-refractivity contribution in [2.75, 3.05) is 31.1 Å². The second-order valence-corrected chi connectivity index (χ2v) is 7.79. The van der Waals surface area contributed by atoms with E-state index in [0.29, 0.717) is 5.41 Å². The van der Waals surface area contributed by atoms with Gasteiger partial charge in [0.2, 0.25) is 0 Å². The van der Waals surface area contributed by atoms with Gasteiger partial charge in [0.1, 0.15) is 0 Å². The number of hydrogen-bond acceptors (Lipinski definition) is 5. The molecule has 0 bridgehead atoms. The Morgan fingerprint density at radius 1 is 1.12 bits per heavy atom. The minimum atomic E-state index is 0.194. The maximum Gasteiger partial charge on any atom is 0.254 e. The Kier molecular flexibility index (Phi) is 4.00. The Bertz CT molecular complexity index is 705. The van der Waals surface area contributed by atoms with E-state index in [1.165, 1.54) is 0 Å². The molecule has 0 aromatic carbocycles. The van der Waals surface area contributed by atoms with Gasteiger partial charge in [0, 0.05) is 31.6 Å². The van der Waals surface area contributed by atoms with Crippen molar-refractivity contribution < 1.29 is 4.79 Å². The van der Waals surface area contributed by atoms with Crippen LogP contribution in [0.1, 0.15) is 35.3 Å². The summed E-state index contributed by atoms with van der Waals surface area (Å²) < 4.78 is 0. The number of carbonyl (C=O) groups excluding carboxylic acids is 1. The average molecular weight is 342 g/mol. The molecule has 0 saturated carbocycles. The summed E-state index contributed by atoms with van der Waals surface area (Å²) in [6.07, 6.45) is 3.36. The van der Waals surface area contributed by atoms with Crippen LogP contribution in [0.3, 0.4) is 0 Å². The van der Waals surface area contributed by atoms with Crippen LogP contribution < -0.4 is 4.90 Å². The maximum atomic E-state index is 12.6. The second-order valence-electron chi connectivity index (χ2n) is 7.01. The highest BCUT2D eigenvalue weighted by molar-refractivity contribution is 7.08. The first-order valence-electron chi connectivity index (χ1n) is 8.52. The van der Waals surface area contributed by atoms with Crippen molar-refractivity contribution in [2.24, 2.45) is 5.41 Å². The van der Waals surface area contributed by atoms with E-state index in [4.69, 9.17) is 0 Å². The third-order valence-electron chi connectivity index (χ3n) is 5.43. The highest BCUT2D eigenvalue weighted by Crippen LogP contribution is 2.41. The monoisotopic (exact) mass is 342 g/mol. The number of nitrogens with zero attached hydrogens (tertiary/aromatic N) is 4. The summed E-state index contributed by atoms with van der Waals surface area (Å²) in [6, 6.07) is 6.00. The first-order valence-corrected chi connectivity index (χ1v) is 9.46. The molecule has 5 nitrogen and oxygen atoms in total. The molecule has 2 aliphatic rings. The molecule has 0 radical (unpaired) electrons. The predicted octanol–water partition coefficient (Wildman–Crippen LogP) is 2.98. The Labute approximate surface area is 146 Å². The number of rotatable bonds is 2. The van der Waals surface area contributed by atoms with Crippen LogP contribution >= 0.6 is 11.3 Å². The van der Waals surface area contributed by atoms with Crippen molar-refractivity contribution in [2.45, 2.75) is 26.2 Å². The fraction of sp³-hybridized carbons (Fsp3) is 0.500. The molecule has 4 heterocycles. The summed E-state index contributed by atoms with van der Waals surface area (Å²) in [4.78, 5) is 16.9. The first-order chi connectivity index (χ1) is 11.7. The number of carbonyl (C=O) groups is 1. The van der Waals surface area contributed by atoms with Gasteiger partial charge in [-0.1, -0.05) is 0 Å². The van der Waals surface area contributed by atoms with Crippen molar-refractivity contribution in [1.82, 2.24) is 15.1 Å². The van der Waals surface area contributed by atoms with Crippen molar-refractivity contribution in [3.8, 4) is 0 Å². The van der Waals surface area contributed by atoms with Crippen molar-refractivity contribution >= 4 is 23.1 Å². The van der Waals surface area contributed by atoms with Crippen LogP contribution in [0.5, 0.6) is 0 Å². The van der Waals surface area contributed by atoms with Crippen molar-refractivity contribution in [1.29, 1.82) is 0 Å². The quantitative estimate of drug-likeness (QED) is 0.842. The van der Waals surface area contributed by atoms with E-state index in [-0.39, 0.29) is 5.91 Å². The second kappa shape index (κ2) is 6.16. The third kappa shape index (κ3) is 2.90. The number of amides is 1. The topological polar surface area (TPSA) is 49.3 Å². The smallest absolute Gasteiger partial charge is 0.254 e. The van der Waals surface area contributed by atoms with Crippen LogP contribution in [-0.4, -0.2) is 47.2 Å². The van der Waals surface area contributed by atoms with Crippen LogP contribution in [0.15, 0.2) is 29.0 Å². The van der Waals surface area contributed by atoms with Gasteiger partial charge in [0.05, 0.1) is 11.3 Å². The molecule has 24 heavy (non-hydrogen) atoms. The van der Waals surface area contributed by atoms with Crippen LogP contribution in [0, 0.1) is 12.3 Å². The summed E-state index contributed by atoms with van der Waals surface area (Å²) in [5.41, 5.74) is 2.08. The minimum absolute atomic E-state index is 0.194. The van der Waals surface area contributed by atoms with E-state index >= 15 is 0 Å². The Hall–Kier alpha value is -1.95. The molecule has 0 atom stereocenters. The number of hydrogen-bond donors (Lipinski definition) is 0. The molecule has 2 fully saturated rings. The predicted molar refractivity (Wildman–Crippen MR) is 95.5 cm³/mol. The normalized spacial score (nSPS) is 19.9. The lowest BCUT2D eigenvalue weighted by atomic mass is 9.78. The summed E-state index contributed by atoms with van der Waals surface area (Å²) in [5.74, 6) is 1.17. The molecule has 126 valence electrons. The van der Waals surface area contributed by atoms with E-state index < -0.39 is 0 Å². The summed E-state index contributed by atoms with van der Waals surface area (Å²) in [6.45, 7) is 5.74. The molecular formula is C18H22N4OS. The first kappa shape index (κ1) is 15.6. The summed E-state index contributed by atoms with van der Waals surface area (Å²) >= 11 is 1.59. The fourth-order valence-corrected chi connectivity index (χ4v) is 4.49. The third-order valence-corrected chi connectivity index (χ3v) is 6.11. The van der Waals surface area contributed by atoms with Gasteiger partial charge in [-0.2, -0.15) is 16.4 Å². The molecule has 1 spiro atoms. The Morgan fingerprint density at radius 2 is 1.92 bits per heavy atom. The number of anilines is 1. The molecule has 4 rings (SSSR count). The molecule has 2 aromatic rings. The summed E-state index contributed by atoms with van der Waals surface area (Å²) in [5, 5.41) is 12.4. The van der Waals surface area contributed by atoms with Crippen LogP contribution in [-0.2, 0) is 0 Å². The molecular weight excluding hydrogens is 320 g/mol. The van der Waals surface area contributed by atoms with Gasteiger partial charge in [-0.05, 0) is 55.2 Å². The highest BCUT2D eigenvalue weighted by Gasteiger charge is 2.42. The van der Waals surface area contributed by atoms with Gasteiger partial charge in [-0.25, -0.2) is 0 Å². The van der Waals surface area contributed by atoms with Gasteiger partial charge in [-0.3, -0.25) is 4.79 Å². The molecule has 1 amide bonds. The lowest BCUT2D eigenvalue weighted by Crippen LogP contribution is -2.42. The zero-order valence-corrected chi connectivity index (χ0v) is 14.8. The van der Waals surface area contributed by atoms with Gasteiger partial charge < -0.3 is 9.80 Å². The van der Waals surface area contributed by atoms with Crippen LogP contribution in [0.25, 0.3) is 0 Å². The number of thiophene rings is 1. The van der Waals surface area contributed by atoms with Crippen molar-refractivity contribution in [3.63, 3.8) is 0 Å². The SMILES string of the molecule is Cc1ccc(N2CCC3(CCN(C(=O)c4ccsc4)C3)CC2)nn1. The zero-order valence-electron chi connectivity index (χ0n) is 13.9. The Morgan fingerprint density at radius 3 is 2.58 bits per heavy atom. The standard InChI is InChI=1S/C18H22N4OS/c1-14-2-3-16(20-19-14)21-8-5-18(6-9-21)7-10-22(13-18)17(23)15-4-11-24-12-15/h2-4,11-12H,5-10,13H2,1H3. The van der Waals surface area contributed by atoms with E-state index in [1.807, 2.05) is 34.7 Å². The van der Waals surface area contributed by atoms with E-state index in [1.54, 1.807) is 11.3 Å². The number of likely N-dealkylation sites (tertiary alicyclic amines) is 1. The van der Waals surface area contributed by atoms with E-state index in [9.17, 15) is 4.79 Å². The van der Waals surface area contributed by atoms with Gasteiger partial charge in [0.25, 0.3) is 5.91 Å². The van der Waals surface area contributed by atoms with Gasteiger partial charge in [0.15, 0.2) is 5.82 Å². The summed E-state index contributed by atoms with van der Waals surface area (Å²) in [7, 11) is 0. The molecule has 2 aromatic heterocycles. The number of piperidine rings is 1. The fourth-order valence-electron chi connectivity index (χ4n) is 3.86. The molecule has 0 aliphatic carbocycles. The van der Waals surface area contributed by atoms with E-state index in [2.05, 4.69) is 21.2 Å². The van der Waals surface area contributed by atoms with Gasteiger partial charge in [-0.15, -0.1) is 5.10 Å². The average Bonchev–Trinajstić information content (AvgIpc) is 3.27. The highest BCUT2D eigenvalue weighted by atomic mass is 32.1. The molecule has 2 aliphatic heterocycles. The molecule has 0 unspecified atom stereocenters. The molecule has 0 N–H and O–H groups in total. The Balaban J connectivity index is 1.39. The lowest BCUT2D eigenvalue weighted by Gasteiger charge is -2.39. The minimum Gasteiger partial charge on any atom is -0.355 e. The number of aromatic nitrogens is 2. The van der Waals surface area contributed by atoms with Crippen LogP contribution in [0.2, 0.25) is 0 Å². The molecule has 6 heteroatoms. The maximum absolute atomic E-state index is 12.6.